The Kier molecular flexibility index (Phi) is 12.5. The number of phenols is 1. The predicted octanol–water partition coefficient (Wildman–Crippen LogP) is 6.60. The third-order valence-electron chi connectivity index (χ3n) is 8.32. The Labute approximate surface area is 257 Å². The Morgan fingerprint density at radius 2 is 1.70 bits per heavy atom. The highest BCUT2D eigenvalue weighted by molar-refractivity contribution is 6.74. The molecule has 0 saturated heterocycles. The molecule has 1 amide bonds. The number of halogens is 1. The van der Waals surface area contributed by atoms with Crippen LogP contribution in [0.2, 0.25) is 18.1 Å². The van der Waals surface area contributed by atoms with Gasteiger partial charge in [0, 0.05) is 24.7 Å². The van der Waals surface area contributed by atoms with Gasteiger partial charge in [0.1, 0.15) is 11.6 Å². The van der Waals surface area contributed by atoms with Gasteiger partial charge in [-0.15, -0.1) is 0 Å². The molecule has 0 aliphatic rings. The molecule has 43 heavy (non-hydrogen) atoms. The van der Waals surface area contributed by atoms with Crippen molar-refractivity contribution >= 4 is 14.2 Å². The molecule has 234 valence electrons. The van der Waals surface area contributed by atoms with Crippen molar-refractivity contribution in [3.8, 4) is 5.75 Å². The molecule has 0 aliphatic carbocycles. The number of aliphatic hydroxyl groups is 1. The highest BCUT2D eigenvalue weighted by Crippen LogP contribution is 2.40. The maximum atomic E-state index is 13.1. The van der Waals surface area contributed by atoms with E-state index >= 15 is 0 Å². The van der Waals surface area contributed by atoms with E-state index in [2.05, 4.69) is 63.6 Å². The van der Waals surface area contributed by atoms with Crippen LogP contribution in [-0.2, 0) is 35.1 Å². The summed E-state index contributed by atoms with van der Waals surface area (Å²) in [6.07, 6.45) is 2.47. The van der Waals surface area contributed by atoms with E-state index in [9.17, 15) is 19.4 Å². The summed E-state index contributed by atoms with van der Waals surface area (Å²) in [6, 6.07) is 20.1. The summed E-state index contributed by atoms with van der Waals surface area (Å²) in [5, 5.41) is 26.5. The first-order valence-corrected chi connectivity index (χ1v) is 18.1. The average Bonchev–Trinajstić information content (AvgIpc) is 2.94. The molecule has 2 atom stereocenters. The second-order valence-corrected chi connectivity index (χ2v) is 17.8. The van der Waals surface area contributed by atoms with Crippen LogP contribution >= 0.6 is 0 Å². The Hall–Kier alpha value is -3.04. The van der Waals surface area contributed by atoms with Gasteiger partial charge in [-0.25, -0.2) is 4.39 Å². The van der Waals surface area contributed by atoms with Crippen LogP contribution in [0.1, 0.15) is 68.0 Å². The summed E-state index contributed by atoms with van der Waals surface area (Å²) in [6.45, 7) is 14.2. The van der Waals surface area contributed by atoms with Gasteiger partial charge in [0.2, 0.25) is 5.91 Å². The number of aromatic hydroxyl groups is 1. The molecule has 3 aromatic rings. The van der Waals surface area contributed by atoms with Crippen LogP contribution in [0.4, 0.5) is 4.39 Å². The normalized spacial score (nSPS) is 13.5. The van der Waals surface area contributed by atoms with Crippen LogP contribution in [0.5, 0.6) is 5.75 Å². The van der Waals surface area contributed by atoms with Crippen LogP contribution < -0.4 is 10.6 Å². The van der Waals surface area contributed by atoms with Crippen molar-refractivity contribution in [2.75, 3.05) is 13.1 Å². The molecule has 0 bridgehead atoms. The molecule has 4 N–H and O–H groups in total. The van der Waals surface area contributed by atoms with Gasteiger partial charge in [0.15, 0.2) is 8.32 Å². The van der Waals surface area contributed by atoms with Gasteiger partial charge in [-0.1, -0.05) is 63.2 Å². The fraction of sp³-hybridized carbons (Fsp3) is 0.457. The molecule has 0 fully saturated rings. The lowest BCUT2D eigenvalue weighted by Crippen LogP contribution is -2.44. The largest absolute Gasteiger partial charge is 0.508 e. The molecule has 3 rings (SSSR count). The van der Waals surface area contributed by atoms with Gasteiger partial charge in [0.05, 0.1) is 19.1 Å². The van der Waals surface area contributed by atoms with E-state index in [1.807, 2.05) is 24.3 Å². The molecule has 3 aromatic carbocycles. The lowest BCUT2D eigenvalue weighted by atomic mass is 10.0. The SMILES string of the molecule is C[C@H](Cc1cccc(CC(=O)NCCCc2ccc(F)cc2)c1)NC[C@H](O[Si](C)(C)C(C)(C)C)c1ccc(O)c(CO)c1. The standard InChI is InChI=1S/C35H49FN2O4Si/c1-25(38-23-33(42-43(5,6)35(2,3)4)29-14-17-32(40)30(22-29)24-39)19-27-9-7-10-28(20-27)21-34(41)37-18-8-11-26-12-15-31(36)16-13-26/h7,9-10,12-17,20,22,25,33,38-40H,8,11,18-19,21,23-24H2,1-6H3,(H,37,41)/t25-,33+/m1/s1. The van der Waals surface area contributed by atoms with Crippen LogP contribution in [-0.4, -0.2) is 43.6 Å². The van der Waals surface area contributed by atoms with E-state index in [0.717, 1.165) is 41.5 Å². The van der Waals surface area contributed by atoms with Gasteiger partial charge in [-0.2, -0.15) is 0 Å². The van der Waals surface area contributed by atoms with Crippen molar-refractivity contribution in [1.82, 2.24) is 10.6 Å². The number of carbonyl (C=O) groups is 1. The van der Waals surface area contributed by atoms with E-state index in [-0.39, 0.29) is 41.3 Å². The van der Waals surface area contributed by atoms with Gasteiger partial charge < -0.3 is 25.3 Å². The van der Waals surface area contributed by atoms with Crippen LogP contribution in [0.15, 0.2) is 66.7 Å². The maximum absolute atomic E-state index is 13.1. The van der Waals surface area contributed by atoms with E-state index in [0.29, 0.717) is 25.1 Å². The van der Waals surface area contributed by atoms with Gasteiger partial charge in [0.25, 0.3) is 0 Å². The molecule has 8 heteroatoms. The minimum absolute atomic E-state index is 0.0100. The van der Waals surface area contributed by atoms with Crippen LogP contribution in [0.25, 0.3) is 0 Å². The minimum Gasteiger partial charge on any atom is -0.508 e. The molecule has 0 unspecified atom stereocenters. The summed E-state index contributed by atoms with van der Waals surface area (Å²) in [7, 11) is -2.11. The quantitative estimate of drug-likeness (QED) is 0.115. The number of carbonyl (C=O) groups excluding carboxylic acids is 1. The fourth-order valence-corrected chi connectivity index (χ4v) is 6.00. The Morgan fingerprint density at radius 3 is 2.37 bits per heavy atom. The van der Waals surface area contributed by atoms with E-state index in [1.165, 1.54) is 12.1 Å². The highest BCUT2D eigenvalue weighted by atomic mass is 28.4. The fourth-order valence-electron chi connectivity index (χ4n) is 4.71. The summed E-state index contributed by atoms with van der Waals surface area (Å²) in [5.74, 6) is -0.169. The van der Waals surface area contributed by atoms with Crippen LogP contribution in [0.3, 0.4) is 0 Å². The summed E-state index contributed by atoms with van der Waals surface area (Å²) in [4.78, 5) is 12.6. The molecule has 0 heterocycles. The molecular weight excluding hydrogens is 559 g/mol. The number of aryl methyl sites for hydroxylation is 1. The Morgan fingerprint density at radius 1 is 1.00 bits per heavy atom. The summed E-state index contributed by atoms with van der Waals surface area (Å²) in [5.41, 5.74) is 4.60. The van der Waals surface area contributed by atoms with E-state index < -0.39 is 8.32 Å². The topological polar surface area (TPSA) is 90.8 Å². The van der Waals surface area contributed by atoms with Gasteiger partial charge >= 0.3 is 0 Å². The van der Waals surface area contributed by atoms with Crippen molar-refractivity contribution < 1.29 is 23.8 Å². The Balaban J connectivity index is 1.55. The van der Waals surface area contributed by atoms with Crippen molar-refractivity contribution in [2.45, 2.75) is 90.3 Å². The number of rotatable bonds is 15. The molecule has 0 radical (unpaired) electrons. The minimum atomic E-state index is -2.11. The van der Waals surface area contributed by atoms with Crippen molar-refractivity contribution in [3.63, 3.8) is 0 Å². The van der Waals surface area contributed by atoms with Gasteiger partial charge in [-0.3, -0.25) is 4.79 Å². The van der Waals surface area contributed by atoms with Crippen molar-refractivity contribution in [1.29, 1.82) is 0 Å². The first-order chi connectivity index (χ1) is 20.3. The average molecular weight is 609 g/mol. The zero-order chi connectivity index (χ0) is 31.6. The molecule has 0 aliphatic heterocycles. The van der Waals surface area contributed by atoms with E-state index in [4.69, 9.17) is 4.43 Å². The van der Waals surface area contributed by atoms with Crippen LogP contribution in [0, 0.1) is 5.82 Å². The maximum Gasteiger partial charge on any atom is 0.224 e. The molecule has 0 aromatic heterocycles. The predicted molar refractivity (Wildman–Crippen MR) is 174 cm³/mol. The third-order valence-corrected chi connectivity index (χ3v) is 12.8. The number of nitrogens with one attached hydrogen (secondary N) is 2. The second-order valence-electron chi connectivity index (χ2n) is 13.0. The van der Waals surface area contributed by atoms with Crippen molar-refractivity contribution in [3.05, 3.63) is 100 Å². The zero-order valence-electron chi connectivity index (χ0n) is 26.5. The number of aliphatic hydroxyl groups excluding tert-OH is 1. The second kappa shape index (κ2) is 15.6. The molecule has 0 spiro atoms. The Bertz CT molecular complexity index is 1320. The van der Waals surface area contributed by atoms with Crippen molar-refractivity contribution in [2.24, 2.45) is 0 Å². The first-order valence-electron chi connectivity index (χ1n) is 15.2. The first kappa shape index (κ1) is 34.4. The molecular formula is C35H49FN2O4Si. The smallest absolute Gasteiger partial charge is 0.224 e. The lowest BCUT2D eigenvalue weighted by Gasteiger charge is -2.40. The summed E-state index contributed by atoms with van der Waals surface area (Å²) >= 11 is 0. The number of hydrogen-bond acceptors (Lipinski definition) is 5. The lowest BCUT2D eigenvalue weighted by molar-refractivity contribution is -0.120. The number of amides is 1. The zero-order valence-corrected chi connectivity index (χ0v) is 27.5. The highest BCUT2D eigenvalue weighted by Gasteiger charge is 2.39. The molecule has 6 nitrogen and oxygen atoms in total. The third kappa shape index (κ3) is 10.9. The van der Waals surface area contributed by atoms with Gasteiger partial charge in [-0.05, 0) is 90.8 Å². The number of benzene rings is 3. The monoisotopic (exact) mass is 608 g/mol. The summed E-state index contributed by atoms with van der Waals surface area (Å²) < 4.78 is 19.9. The molecule has 0 saturated carbocycles. The number of hydrogen-bond donors (Lipinski definition) is 4. The van der Waals surface area contributed by atoms with E-state index in [1.54, 1.807) is 18.2 Å².